The first-order chi connectivity index (χ1) is 7.21. The van der Waals surface area contributed by atoms with Crippen LogP contribution in [0.3, 0.4) is 0 Å². The lowest BCUT2D eigenvalue weighted by Crippen LogP contribution is -2.35. The Kier molecular flexibility index (Phi) is 3.81. The van der Waals surface area contributed by atoms with Gasteiger partial charge in [0.15, 0.2) is 0 Å². The van der Waals surface area contributed by atoms with Crippen molar-refractivity contribution in [2.24, 2.45) is 0 Å². The van der Waals surface area contributed by atoms with Crippen LogP contribution in [0.2, 0.25) is 0 Å². The standard InChI is InChI=1S/C10H13ClNOPS/c11-14(15,10-4-2-1-3-5-10)12-6-8-13-9-7-12/h1-5H,6-9H2. The van der Waals surface area contributed by atoms with Crippen LogP contribution < -0.4 is 5.30 Å². The van der Waals surface area contributed by atoms with Crippen molar-refractivity contribution >= 4 is 33.9 Å². The van der Waals surface area contributed by atoms with Gasteiger partial charge in [-0.15, -0.1) is 0 Å². The number of benzene rings is 1. The molecule has 1 heterocycles. The summed E-state index contributed by atoms with van der Waals surface area (Å²) in [7, 11) is 0. The first-order valence-corrected chi connectivity index (χ1v) is 8.56. The molecule has 0 aliphatic carbocycles. The molecule has 15 heavy (non-hydrogen) atoms. The van der Waals surface area contributed by atoms with E-state index in [1.165, 1.54) is 0 Å². The minimum absolute atomic E-state index is 0.734. The molecule has 1 aromatic carbocycles. The van der Waals surface area contributed by atoms with Gasteiger partial charge in [-0.25, -0.2) is 0 Å². The molecule has 0 saturated carbocycles. The first kappa shape index (κ1) is 11.6. The average molecular weight is 262 g/mol. The average Bonchev–Trinajstić information content (AvgIpc) is 2.31. The van der Waals surface area contributed by atoms with Crippen molar-refractivity contribution in [3.63, 3.8) is 0 Å². The SMILES string of the molecule is S=P(Cl)(c1ccccc1)N1CCOCC1. The van der Waals surface area contributed by atoms with Crippen molar-refractivity contribution < 1.29 is 4.74 Å². The van der Waals surface area contributed by atoms with Gasteiger partial charge in [-0.05, 0) is 0 Å². The van der Waals surface area contributed by atoms with E-state index < -0.39 is 5.54 Å². The molecule has 0 radical (unpaired) electrons. The smallest absolute Gasteiger partial charge is 0.127 e. The van der Waals surface area contributed by atoms with Crippen molar-refractivity contribution in [1.82, 2.24) is 4.67 Å². The van der Waals surface area contributed by atoms with Crippen molar-refractivity contribution in [2.45, 2.75) is 0 Å². The molecular weight excluding hydrogens is 249 g/mol. The Hall–Kier alpha value is 0.0800. The Morgan fingerprint density at radius 1 is 1.20 bits per heavy atom. The van der Waals surface area contributed by atoms with Crippen LogP contribution in [0.25, 0.3) is 0 Å². The van der Waals surface area contributed by atoms with Gasteiger partial charge in [-0.3, -0.25) is 4.67 Å². The molecule has 1 aliphatic heterocycles. The molecule has 0 amide bonds. The number of rotatable bonds is 2. The molecule has 0 N–H and O–H groups in total. The summed E-state index contributed by atoms with van der Waals surface area (Å²) in [4.78, 5) is 0. The Labute approximate surface area is 100 Å². The quantitative estimate of drug-likeness (QED) is 0.758. The molecule has 0 aromatic heterocycles. The Morgan fingerprint density at radius 3 is 2.40 bits per heavy atom. The number of hydrogen-bond acceptors (Lipinski definition) is 2. The van der Waals surface area contributed by atoms with Gasteiger partial charge in [0.05, 0.1) is 13.2 Å². The van der Waals surface area contributed by atoms with E-state index in [9.17, 15) is 0 Å². The lowest BCUT2D eigenvalue weighted by molar-refractivity contribution is 0.0757. The predicted molar refractivity (Wildman–Crippen MR) is 68.6 cm³/mol. The van der Waals surface area contributed by atoms with Gasteiger partial charge in [0.2, 0.25) is 0 Å². The molecule has 1 fully saturated rings. The van der Waals surface area contributed by atoms with Crippen LogP contribution in [0.5, 0.6) is 0 Å². The molecule has 1 saturated heterocycles. The van der Waals surface area contributed by atoms with Crippen LogP contribution in [-0.4, -0.2) is 31.0 Å². The topological polar surface area (TPSA) is 12.5 Å². The second-order valence-corrected chi connectivity index (χ2v) is 9.14. The lowest BCUT2D eigenvalue weighted by atomic mass is 10.4. The van der Waals surface area contributed by atoms with Gasteiger partial charge in [0.1, 0.15) is 5.54 Å². The molecule has 1 atom stereocenters. The van der Waals surface area contributed by atoms with E-state index in [1.54, 1.807) is 0 Å². The van der Waals surface area contributed by atoms with E-state index in [4.69, 9.17) is 27.8 Å². The van der Waals surface area contributed by atoms with Crippen LogP contribution in [0.4, 0.5) is 0 Å². The zero-order valence-corrected chi connectivity index (χ0v) is 10.8. The summed E-state index contributed by atoms with van der Waals surface area (Å²) < 4.78 is 7.49. The number of ether oxygens (including phenoxy) is 1. The van der Waals surface area contributed by atoms with Crippen LogP contribution in [-0.2, 0) is 16.5 Å². The highest BCUT2D eigenvalue weighted by molar-refractivity contribution is 8.29. The summed E-state index contributed by atoms with van der Waals surface area (Å²) in [6.45, 7) is 3.15. The van der Waals surface area contributed by atoms with Gasteiger partial charge >= 0.3 is 0 Å². The third kappa shape index (κ3) is 2.61. The molecule has 2 rings (SSSR count). The van der Waals surface area contributed by atoms with Crippen molar-refractivity contribution in [2.75, 3.05) is 26.3 Å². The number of hydrogen-bond donors (Lipinski definition) is 0. The van der Waals surface area contributed by atoms with Crippen LogP contribution in [0.1, 0.15) is 0 Å². The number of morpholine rings is 1. The van der Waals surface area contributed by atoms with Crippen molar-refractivity contribution in [3.8, 4) is 0 Å². The molecular formula is C10H13ClNOPS. The van der Waals surface area contributed by atoms with E-state index in [1.807, 2.05) is 30.3 Å². The summed E-state index contributed by atoms with van der Waals surface area (Å²) in [6.07, 6.45) is 0. The summed E-state index contributed by atoms with van der Waals surface area (Å²) in [6, 6.07) is 9.99. The lowest BCUT2D eigenvalue weighted by Gasteiger charge is -2.33. The second kappa shape index (κ2) is 4.94. The monoisotopic (exact) mass is 261 g/mol. The maximum absolute atomic E-state index is 6.54. The second-order valence-electron chi connectivity index (χ2n) is 3.40. The zero-order valence-electron chi connectivity index (χ0n) is 8.30. The molecule has 82 valence electrons. The van der Waals surface area contributed by atoms with Gasteiger partial charge in [-0.1, -0.05) is 53.4 Å². The summed E-state index contributed by atoms with van der Waals surface area (Å²) in [5, 5.41) is 1.07. The third-order valence-electron chi connectivity index (χ3n) is 2.43. The highest BCUT2D eigenvalue weighted by atomic mass is 35.7. The normalized spacial score (nSPS) is 22.2. The van der Waals surface area contributed by atoms with Gasteiger partial charge in [-0.2, -0.15) is 0 Å². The summed E-state index contributed by atoms with van der Waals surface area (Å²) >= 11 is 12.1. The minimum atomic E-state index is -2.06. The largest absolute Gasteiger partial charge is 0.379 e. The Balaban J connectivity index is 2.22. The van der Waals surface area contributed by atoms with E-state index in [0.717, 1.165) is 31.6 Å². The number of nitrogens with zero attached hydrogens (tertiary/aromatic N) is 1. The molecule has 0 bridgehead atoms. The Morgan fingerprint density at radius 2 is 1.80 bits per heavy atom. The van der Waals surface area contributed by atoms with E-state index in [-0.39, 0.29) is 0 Å². The van der Waals surface area contributed by atoms with Crippen LogP contribution in [0, 0.1) is 0 Å². The highest BCUT2D eigenvalue weighted by Gasteiger charge is 2.26. The van der Waals surface area contributed by atoms with Crippen molar-refractivity contribution in [3.05, 3.63) is 30.3 Å². The molecule has 1 aromatic rings. The fraction of sp³-hybridized carbons (Fsp3) is 0.400. The Bertz CT molecular complexity index is 367. The number of halogens is 1. The van der Waals surface area contributed by atoms with Crippen LogP contribution in [0.15, 0.2) is 30.3 Å². The predicted octanol–water partition coefficient (Wildman–Crippen LogP) is 2.19. The van der Waals surface area contributed by atoms with E-state index >= 15 is 0 Å². The first-order valence-electron chi connectivity index (χ1n) is 4.90. The van der Waals surface area contributed by atoms with Crippen LogP contribution >= 0.6 is 16.8 Å². The van der Waals surface area contributed by atoms with E-state index in [2.05, 4.69) is 4.67 Å². The molecule has 2 nitrogen and oxygen atoms in total. The van der Waals surface area contributed by atoms with E-state index in [0.29, 0.717) is 0 Å². The van der Waals surface area contributed by atoms with Crippen molar-refractivity contribution in [1.29, 1.82) is 0 Å². The molecule has 1 aliphatic rings. The zero-order chi connectivity index (χ0) is 10.7. The fourth-order valence-electron chi connectivity index (χ4n) is 1.59. The highest BCUT2D eigenvalue weighted by Crippen LogP contribution is 2.54. The molecule has 0 spiro atoms. The third-order valence-corrected chi connectivity index (χ3v) is 7.04. The molecule has 5 heteroatoms. The summed E-state index contributed by atoms with van der Waals surface area (Å²) in [5.41, 5.74) is -2.06. The molecule has 1 unspecified atom stereocenters. The van der Waals surface area contributed by atoms with Gasteiger partial charge in [0.25, 0.3) is 0 Å². The van der Waals surface area contributed by atoms with Gasteiger partial charge in [0, 0.05) is 18.4 Å². The maximum atomic E-state index is 6.54. The van der Waals surface area contributed by atoms with Gasteiger partial charge < -0.3 is 4.74 Å². The maximum Gasteiger partial charge on any atom is 0.127 e. The minimum Gasteiger partial charge on any atom is -0.379 e. The fourth-order valence-corrected chi connectivity index (χ4v) is 4.78. The summed E-state index contributed by atoms with van der Waals surface area (Å²) in [5.74, 6) is 0.